The largest absolute Gasteiger partial charge is 0.501 e. The number of rotatable bonds is 2. The second-order valence-corrected chi connectivity index (χ2v) is 3.90. The Kier molecular flexibility index (Phi) is 3.44. The molecule has 1 aromatic carbocycles. The Balaban J connectivity index is 2.82. The lowest BCUT2D eigenvalue weighted by atomic mass is 10.0. The summed E-state index contributed by atoms with van der Waals surface area (Å²) in [7, 11) is 5.49. The van der Waals surface area contributed by atoms with Crippen LogP contribution in [0, 0.1) is 10.5 Å². The summed E-state index contributed by atoms with van der Waals surface area (Å²) in [5.74, 6) is 0.833. The van der Waals surface area contributed by atoms with Crippen molar-refractivity contribution in [3.05, 3.63) is 27.3 Å². The van der Waals surface area contributed by atoms with Crippen LogP contribution in [0.1, 0.15) is 12.5 Å². The molecule has 1 aromatic rings. The third-order valence-corrected chi connectivity index (χ3v) is 2.63. The van der Waals surface area contributed by atoms with Crippen LogP contribution >= 0.6 is 22.6 Å². The molecular formula is C9H10BIO. The van der Waals surface area contributed by atoms with E-state index in [9.17, 15) is 0 Å². The van der Waals surface area contributed by atoms with Gasteiger partial charge in [0.05, 0.1) is 6.00 Å². The van der Waals surface area contributed by atoms with Gasteiger partial charge in [-0.2, -0.15) is 0 Å². The van der Waals surface area contributed by atoms with Crippen LogP contribution in [0.2, 0.25) is 0 Å². The van der Waals surface area contributed by atoms with Crippen molar-refractivity contribution in [2.45, 2.75) is 19.9 Å². The first-order valence-electron chi connectivity index (χ1n) is 3.78. The van der Waals surface area contributed by atoms with Gasteiger partial charge in [0.2, 0.25) is 0 Å². The highest BCUT2D eigenvalue weighted by atomic mass is 127. The average Bonchev–Trinajstić information content (AvgIpc) is 1.96. The normalized spacial score (nSPS) is 12.6. The standard InChI is InChI=1S/C9H10BIO/c1-6-3-4-8(5-9(6)11)12-7(2)10/h3-5,7H,1-2H3. The summed E-state index contributed by atoms with van der Waals surface area (Å²) >= 11 is 2.28. The Hall–Kier alpha value is -0.185. The molecule has 0 aliphatic heterocycles. The monoisotopic (exact) mass is 272 g/mol. The maximum absolute atomic E-state index is 5.49. The fourth-order valence-corrected chi connectivity index (χ4v) is 1.35. The van der Waals surface area contributed by atoms with Gasteiger partial charge in [-0.25, -0.2) is 0 Å². The molecule has 0 aliphatic carbocycles. The highest BCUT2D eigenvalue weighted by molar-refractivity contribution is 14.1. The molecule has 3 heteroatoms. The van der Waals surface area contributed by atoms with Crippen LogP contribution in [-0.4, -0.2) is 13.8 Å². The Labute approximate surface area is 88.1 Å². The molecule has 2 radical (unpaired) electrons. The number of halogens is 1. The average molecular weight is 272 g/mol. The van der Waals surface area contributed by atoms with Gasteiger partial charge in [0.1, 0.15) is 13.6 Å². The molecule has 0 aliphatic rings. The van der Waals surface area contributed by atoms with Crippen molar-refractivity contribution in [3.8, 4) is 5.75 Å². The lowest BCUT2D eigenvalue weighted by molar-refractivity contribution is 0.300. The van der Waals surface area contributed by atoms with E-state index in [0.29, 0.717) is 0 Å². The first-order chi connectivity index (χ1) is 5.59. The lowest BCUT2D eigenvalue weighted by Crippen LogP contribution is -2.10. The van der Waals surface area contributed by atoms with E-state index in [-0.39, 0.29) is 6.00 Å². The molecule has 0 spiro atoms. The number of benzene rings is 1. The van der Waals surface area contributed by atoms with Crippen molar-refractivity contribution in [3.63, 3.8) is 0 Å². The molecule has 1 unspecified atom stereocenters. The van der Waals surface area contributed by atoms with E-state index in [2.05, 4.69) is 29.5 Å². The van der Waals surface area contributed by atoms with Crippen molar-refractivity contribution >= 4 is 30.4 Å². The summed E-state index contributed by atoms with van der Waals surface area (Å²) < 4.78 is 6.52. The van der Waals surface area contributed by atoms with Crippen molar-refractivity contribution < 1.29 is 4.74 Å². The highest BCUT2D eigenvalue weighted by Gasteiger charge is 1.99. The van der Waals surface area contributed by atoms with E-state index in [4.69, 9.17) is 12.6 Å². The first kappa shape index (κ1) is 9.90. The van der Waals surface area contributed by atoms with Crippen molar-refractivity contribution in [2.24, 2.45) is 0 Å². The molecule has 12 heavy (non-hydrogen) atoms. The van der Waals surface area contributed by atoms with Crippen molar-refractivity contribution in [1.82, 2.24) is 0 Å². The number of hydrogen-bond donors (Lipinski definition) is 0. The van der Waals surface area contributed by atoms with Gasteiger partial charge < -0.3 is 4.74 Å². The zero-order valence-electron chi connectivity index (χ0n) is 7.17. The first-order valence-corrected chi connectivity index (χ1v) is 4.86. The molecule has 0 heterocycles. The number of ether oxygens (including phenoxy) is 1. The second kappa shape index (κ2) is 4.17. The predicted molar refractivity (Wildman–Crippen MR) is 59.7 cm³/mol. The molecule has 0 saturated carbocycles. The van der Waals surface area contributed by atoms with Gasteiger partial charge in [0.25, 0.3) is 0 Å². The summed E-state index contributed by atoms with van der Waals surface area (Å²) in [6, 6.07) is 5.70. The number of hydrogen-bond acceptors (Lipinski definition) is 1. The fourth-order valence-electron chi connectivity index (χ4n) is 0.862. The number of aryl methyl sites for hydroxylation is 1. The van der Waals surface area contributed by atoms with Gasteiger partial charge >= 0.3 is 0 Å². The van der Waals surface area contributed by atoms with Crippen LogP contribution in [0.4, 0.5) is 0 Å². The molecule has 0 fully saturated rings. The summed E-state index contributed by atoms with van der Waals surface area (Å²) in [6.07, 6.45) is 0. The maximum atomic E-state index is 5.49. The van der Waals surface area contributed by atoms with Crippen molar-refractivity contribution in [1.29, 1.82) is 0 Å². The van der Waals surface area contributed by atoms with Crippen LogP contribution in [0.25, 0.3) is 0 Å². The SMILES string of the molecule is [B]C(C)Oc1ccc(C)c(I)c1. The Morgan fingerprint density at radius 2 is 2.17 bits per heavy atom. The fraction of sp³-hybridized carbons (Fsp3) is 0.333. The third kappa shape index (κ3) is 2.70. The third-order valence-electron chi connectivity index (χ3n) is 1.47. The molecule has 1 rings (SSSR count). The van der Waals surface area contributed by atoms with Crippen LogP contribution in [0.15, 0.2) is 18.2 Å². The van der Waals surface area contributed by atoms with Crippen LogP contribution in [0.5, 0.6) is 5.75 Å². The second-order valence-electron chi connectivity index (χ2n) is 2.73. The van der Waals surface area contributed by atoms with E-state index in [1.807, 2.05) is 25.1 Å². The minimum absolute atomic E-state index is 0.247. The minimum Gasteiger partial charge on any atom is -0.501 e. The summed E-state index contributed by atoms with van der Waals surface area (Å²) in [4.78, 5) is 0. The predicted octanol–water partition coefficient (Wildman–Crippen LogP) is 2.49. The van der Waals surface area contributed by atoms with Gasteiger partial charge in [-0.05, 0) is 54.1 Å². The van der Waals surface area contributed by atoms with Crippen LogP contribution in [-0.2, 0) is 0 Å². The molecule has 0 N–H and O–H groups in total. The maximum Gasteiger partial charge on any atom is 0.126 e. The van der Waals surface area contributed by atoms with E-state index in [0.717, 1.165) is 5.75 Å². The van der Waals surface area contributed by atoms with Gasteiger partial charge in [-0.3, -0.25) is 0 Å². The highest BCUT2D eigenvalue weighted by Crippen LogP contribution is 2.19. The molecule has 1 nitrogen and oxygen atoms in total. The summed E-state index contributed by atoms with van der Waals surface area (Å²) in [5.41, 5.74) is 1.26. The zero-order chi connectivity index (χ0) is 9.14. The molecule has 0 amide bonds. The van der Waals surface area contributed by atoms with Crippen molar-refractivity contribution in [2.75, 3.05) is 0 Å². The zero-order valence-corrected chi connectivity index (χ0v) is 9.33. The molecule has 1 atom stereocenters. The van der Waals surface area contributed by atoms with E-state index < -0.39 is 0 Å². The summed E-state index contributed by atoms with van der Waals surface area (Å²) in [6.45, 7) is 3.88. The molecule has 0 bridgehead atoms. The Morgan fingerprint density at radius 3 is 2.67 bits per heavy atom. The molecule has 0 saturated heterocycles. The molecular weight excluding hydrogens is 262 g/mol. The summed E-state index contributed by atoms with van der Waals surface area (Å²) in [5, 5.41) is 0. The molecule has 0 aromatic heterocycles. The van der Waals surface area contributed by atoms with E-state index in [1.165, 1.54) is 9.13 Å². The van der Waals surface area contributed by atoms with Crippen LogP contribution in [0.3, 0.4) is 0 Å². The Morgan fingerprint density at radius 1 is 1.50 bits per heavy atom. The van der Waals surface area contributed by atoms with E-state index >= 15 is 0 Å². The van der Waals surface area contributed by atoms with Gasteiger partial charge in [0.15, 0.2) is 0 Å². The quantitative estimate of drug-likeness (QED) is 0.593. The van der Waals surface area contributed by atoms with Gasteiger partial charge in [0, 0.05) is 3.57 Å². The van der Waals surface area contributed by atoms with Gasteiger partial charge in [-0.15, -0.1) is 0 Å². The Bertz CT molecular complexity index is 273. The molecule has 62 valence electrons. The minimum atomic E-state index is -0.247. The van der Waals surface area contributed by atoms with Gasteiger partial charge in [-0.1, -0.05) is 6.07 Å². The van der Waals surface area contributed by atoms with E-state index in [1.54, 1.807) is 0 Å². The lowest BCUT2D eigenvalue weighted by Gasteiger charge is -2.10. The van der Waals surface area contributed by atoms with Crippen LogP contribution < -0.4 is 4.74 Å². The smallest absolute Gasteiger partial charge is 0.126 e. The topological polar surface area (TPSA) is 9.23 Å².